The Balaban J connectivity index is 1.64. The molecule has 1 aromatic heterocycles. The van der Waals surface area contributed by atoms with E-state index < -0.39 is 0 Å². The van der Waals surface area contributed by atoms with Gasteiger partial charge >= 0.3 is 0 Å². The van der Waals surface area contributed by atoms with Gasteiger partial charge in [0.05, 0.1) is 6.20 Å². The van der Waals surface area contributed by atoms with Crippen LogP contribution in [0.2, 0.25) is 0 Å². The van der Waals surface area contributed by atoms with Gasteiger partial charge in [-0.25, -0.2) is 0 Å². The van der Waals surface area contributed by atoms with Crippen LogP contribution < -0.4 is 10.6 Å². The van der Waals surface area contributed by atoms with Gasteiger partial charge in [0.15, 0.2) is 5.82 Å². The first-order valence-electron chi connectivity index (χ1n) is 8.03. The summed E-state index contributed by atoms with van der Waals surface area (Å²) in [5.41, 5.74) is 4.69. The van der Waals surface area contributed by atoms with E-state index in [0.29, 0.717) is 11.8 Å². The van der Waals surface area contributed by atoms with Crippen molar-refractivity contribution in [3.8, 4) is 0 Å². The summed E-state index contributed by atoms with van der Waals surface area (Å²) in [5.74, 6) is 1.21. The van der Waals surface area contributed by atoms with Gasteiger partial charge in [0, 0.05) is 12.2 Å². The Morgan fingerprint density at radius 2 is 1.67 bits per heavy atom. The average molecular weight is 319 g/mol. The summed E-state index contributed by atoms with van der Waals surface area (Å²) in [7, 11) is 0. The molecule has 122 valence electrons. The number of rotatable bonds is 6. The zero-order chi connectivity index (χ0) is 16.8. The van der Waals surface area contributed by atoms with Crippen LogP contribution in [-0.4, -0.2) is 21.7 Å². The second-order valence-corrected chi connectivity index (χ2v) is 5.72. The van der Waals surface area contributed by atoms with Crippen molar-refractivity contribution >= 4 is 17.5 Å². The molecule has 5 nitrogen and oxygen atoms in total. The first-order chi connectivity index (χ1) is 11.7. The summed E-state index contributed by atoms with van der Waals surface area (Å²) < 4.78 is 0. The van der Waals surface area contributed by atoms with Gasteiger partial charge in [-0.3, -0.25) is 0 Å². The van der Waals surface area contributed by atoms with Gasteiger partial charge in [-0.2, -0.15) is 10.1 Å². The summed E-state index contributed by atoms with van der Waals surface area (Å²) >= 11 is 0. The average Bonchev–Trinajstić information content (AvgIpc) is 2.60. The lowest BCUT2D eigenvalue weighted by Crippen LogP contribution is -2.10. The highest BCUT2D eigenvalue weighted by atomic mass is 15.3. The number of anilines is 3. The normalized spacial score (nSPS) is 10.4. The Bertz CT molecular complexity index is 782. The van der Waals surface area contributed by atoms with Crippen LogP contribution >= 0.6 is 0 Å². The number of para-hydroxylation sites is 1. The number of aromatic nitrogens is 3. The quantitative estimate of drug-likeness (QED) is 0.722. The Hall–Kier alpha value is -2.95. The molecule has 0 unspecified atom stereocenters. The van der Waals surface area contributed by atoms with Gasteiger partial charge in [-0.05, 0) is 37.0 Å². The van der Waals surface area contributed by atoms with Crippen molar-refractivity contribution in [1.82, 2.24) is 15.2 Å². The van der Waals surface area contributed by atoms with Crippen LogP contribution in [0.4, 0.5) is 17.5 Å². The van der Waals surface area contributed by atoms with E-state index in [1.807, 2.05) is 24.3 Å². The fourth-order valence-corrected chi connectivity index (χ4v) is 2.54. The van der Waals surface area contributed by atoms with E-state index >= 15 is 0 Å². The van der Waals surface area contributed by atoms with Crippen LogP contribution in [-0.2, 0) is 6.42 Å². The molecule has 0 saturated carbocycles. The van der Waals surface area contributed by atoms with Crippen molar-refractivity contribution in [3.05, 3.63) is 71.4 Å². The number of aryl methyl sites for hydroxylation is 2. The lowest BCUT2D eigenvalue weighted by atomic mass is 10.1. The molecule has 0 atom stereocenters. The zero-order valence-electron chi connectivity index (χ0n) is 14.0. The highest BCUT2D eigenvalue weighted by molar-refractivity contribution is 5.64. The first kappa shape index (κ1) is 15.9. The van der Waals surface area contributed by atoms with Crippen LogP contribution in [0, 0.1) is 13.8 Å². The monoisotopic (exact) mass is 319 g/mol. The summed E-state index contributed by atoms with van der Waals surface area (Å²) in [6, 6.07) is 16.5. The predicted molar refractivity (Wildman–Crippen MR) is 97.7 cm³/mol. The van der Waals surface area contributed by atoms with E-state index in [1.54, 1.807) is 6.20 Å². The largest absolute Gasteiger partial charge is 0.353 e. The highest BCUT2D eigenvalue weighted by Crippen LogP contribution is 2.23. The van der Waals surface area contributed by atoms with Crippen molar-refractivity contribution in [2.45, 2.75) is 20.3 Å². The molecule has 0 aliphatic carbocycles. The van der Waals surface area contributed by atoms with Crippen LogP contribution in [0.1, 0.15) is 16.7 Å². The summed E-state index contributed by atoms with van der Waals surface area (Å²) in [4.78, 5) is 4.49. The van der Waals surface area contributed by atoms with Gasteiger partial charge in [-0.15, -0.1) is 5.10 Å². The fourth-order valence-electron chi connectivity index (χ4n) is 2.54. The Morgan fingerprint density at radius 3 is 2.42 bits per heavy atom. The molecule has 2 N–H and O–H groups in total. The lowest BCUT2D eigenvalue weighted by molar-refractivity contribution is 0.928. The molecule has 3 aromatic rings. The molecule has 24 heavy (non-hydrogen) atoms. The summed E-state index contributed by atoms with van der Waals surface area (Å²) in [5, 5.41) is 14.6. The maximum atomic E-state index is 4.49. The van der Waals surface area contributed by atoms with E-state index in [2.05, 4.69) is 63.9 Å². The molecule has 0 saturated heterocycles. The highest BCUT2D eigenvalue weighted by Gasteiger charge is 2.05. The number of benzene rings is 2. The number of hydrogen-bond acceptors (Lipinski definition) is 5. The molecule has 0 amide bonds. The minimum atomic E-state index is 0.530. The van der Waals surface area contributed by atoms with E-state index in [1.165, 1.54) is 16.7 Å². The molecule has 0 aliphatic heterocycles. The van der Waals surface area contributed by atoms with E-state index in [-0.39, 0.29) is 0 Å². The Morgan fingerprint density at radius 1 is 0.917 bits per heavy atom. The van der Waals surface area contributed by atoms with Crippen LogP contribution in [0.15, 0.2) is 54.7 Å². The van der Waals surface area contributed by atoms with Crippen molar-refractivity contribution in [3.63, 3.8) is 0 Å². The molecule has 0 spiro atoms. The van der Waals surface area contributed by atoms with E-state index in [9.17, 15) is 0 Å². The molecular formula is C19H21N5. The third-order valence-corrected chi connectivity index (χ3v) is 3.83. The van der Waals surface area contributed by atoms with Gasteiger partial charge < -0.3 is 10.6 Å². The Kier molecular flexibility index (Phi) is 5.01. The predicted octanol–water partition coefficient (Wildman–Crippen LogP) is 3.89. The van der Waals surface area contributed by atoms with E-state index in [0.717, 1.165) is 18.7 Å². The molecule has 0 bridgehead atoms. The number of nitrogens with one attached hydrogen (secondary N) is 2. The van der Waals surface area contributed by atoms with Crippen LogP contribution in [0.5, 0.6) is 0 Å². The van der Waals surface area contributed by atoms with Crippen molar-refractivity contribution in [2.24, 2.45) is 0 Å². The summed E-state index contributed by atoms with van der Waals surface area (Å²) in [6.45, 7) is 4.91. The second kappa shape index (κ2) is 7.55. The van der Waals surface area contributed by atoms with Gasteiger partial charge in [0.25, 0.3) is 0 Å². The third kappa shape index (κ3) is 4.07. The number of hydrogen-bond donors (Lipinski definition) is 2. The fraction of sp³-hybridized carbons (Fsp3) is 0.211. The number of nitrogens with zero attached hydrogens (tertiary/aromatic N) is 3. The van der Waals surface area contributed by atoms with Crippen molar-refractivity contribution in [2.75, 3.05) is 17.2 Å². The third-order valence-electron chi connectivity index (χ3n) is 3.83. The first-order valence-corrected chi connectivity index (χ1v) is 8.03. The smallest absolute Gasteiger partial charge is 0.244 e. The van der Waals surface area contributed by atoms with Crippen molar-refractivity contribution in [1.29, 1.82) is 0 Å². The van der Waals surface area contributed by atoms with Gasteiger partial charge in [-0.1, -0.05) is 48.5 Å². The second-order valence-electron chi connectivity index (χ2n) is 5.72. The molecule has 0 aliphatic rings. The topological polar surface area (TPSA) is 62.7 Å². The molecular weight excluding hydrogens is 298 g/mol. The molecule has 2 aromatic carbocycles. The Labute approximate surface area is 142 Å². The van der Waals surface area contributed by atoms with Gasteiger partial charge in [0.2, 0.25) is 5.95 Å². The van der Waals surface area contributed by atoms with Crippen molar-refractivity contribution < 1.29 is 0 Å². The van der Waals surface area contributed by atoms with Gasteiger partial charge in [0.1, 0.15) is 0 Å². The van der Waals surface area contributed by atoms with Crippen LogP contribution in [0.3, 0.4) is 0 Å². The molecule has 3 rings (SSSR count). The molecule has 0 fully saturated rings. The molecule has 0 radical (unpaired) electrons. The molecule has 1 heterocycles. The lowest BCUT2D eigenvalue weighted by Gasteiger charge is -2.12. The minimum absolute atomic E-state index is 0.530. The maximum absolute atomic E-state index is 4.49. The van der Waals surface area contributed by atoms with Crippen LogP contribution in [0.25, 0.3) is 0 Å². The maximum Gasteiger partial charge on any atom is 0.244 e. The summed E-state index contributed by atoms with van der Waals surface area (Å²) in [6.07, 6.45) is 2.55. The standard InChI is InChI=1S/C19H21N5/c1-14-7-6-8-15(2)18(14)22-17-13-21-24-19(23-17)20-12-11-16-9-4-3-5-10-16/h3-10,13H,11-12H2,1-2H3,(H2,20,22,23,24). The SMILES string of the molecule is Cc1cccc(C)c1Nc1cnnc(NCCc2ccccc2)n1. The molecule has 5 heteroatoms. The zero-order valence-corrected chi connectivity index (χ0v) is 14.0. The minimum Gasteiger partial charge on any atom is -0.353 e. The van der Waals surface area contributed by atoms with E-state index in [4.69, 9.17) is 0 Å².